The van der Waals surface area contributed by atoms with E-state index in [4.69, 9.17) is 4.74 Å². The van der Waals surface area contributed by atoms with Crippen LogP contribution in [0.2, 0.25) is 0 Å². The van der Waals surface area contributed by atoms with E-state index in [9.17, 15) is 9.90 Å². The Labute approximate surface area is 196 Å². The predicted octanol–water partition coefficient (Wildman–Crippen LogP) is 7.61. The molecule has 0 fully saturated rings. The number of hydrogen-bond donors (Lipinski definition) is 2. The highest BCUT2D eigenvalue weighted by atomic mass is 16.5. The fourth-order valence-electron chi connectivity index (χ4n) is 3.56. The standard InChI is InChI=1S/C28H45NO3/c1-3-4-5-6-7-8-9-10-11-12-13-14-15-16-17-18-19-20-28(31)29-24-25-21-22-26(30)27(23-25)32-2/h6-7,9-10,21-23,30H,3-5,8,11-20,24H2,1-2H3,(H,29,31)/b7-6+,10-9+. The molecule has 1 aromatic carbocycles. The van der Waals surface area contributed by atoms with Crippen LogP contribution in [0.25, 0.3) is 0 Å². The van der Waals surface area contributed by atoms with Crippen molar-refractivity contribution in [2.24, 2.45) is 0 Å². The molecule has 0 aromatic heterocycles. The number of phenols is 1. The first kappa shape index (κ1) is 27.8. The summed E-state index contributed by atoms with van der Waals surface area (Å²) in [6.07, 6.45) is 25.6. The Balaban J connectivity index is 1.90. The normalized spacial score (nSPS) is 11.4. The molecule has 0 aliphatic rings. The number of nitrogens with one attached hydrogen (secondary N) is 1. The predicted molar refractivity (Wildman–Crippen MR) is 135 cm³/mol. The lowest BCUT2D eigenvalue weighted by Gasteiger charge is -2.08. The zero-order chi connectivity index (χ0) is 23.3. The van der Waals surface area contributed by atoms with E-state index in [1.54, 1.807) is 18.2 Å². The topological polar surface area (TPSA) is 58.6 Å². The number of benzene rings is 1. The lowest BCUT2D eigenvalue weighted by molar-refractivity contribution is -0.121. The minimum atomic E-state index is 0.0848. The molecule has 180 valence electrons. The van der Waals surface area contributed by atoms with Gasteiger partial charge in [-0.05, 0) is 49.8 Å². The lowest BCUT2D eigenvalue weighted by Crippen LogP contribution is -2.22. The van der Waals surface area contributed by atoms with Crippen molar-refractivity contribution in [1.29, 1.82) is 0 Å². The van der Waals surface area contributed by atoms with Crippen LogP contribution < -0.4 is 10.1 Å². The minimum Gasteiger partial charge on any atom is -0.504 e. The summed E-state index contributed by atoms with van der Waals surface area (Å²) in [5.41, 5.74) is 0.919. The monoisotopic (exact) mass is 443 g/mol. The maximum atomic E-state index is 12.0. The molecule has 0 heterocycles. The first-order chi connectivity index (χ1) is 15.7. The molecule has 0 unspecified atom stereocenters. The summed E-state index contributed by atoms with van der Waals surface area (Å²) < 4.78 is 5.09. The van der Waals surface area contributed by atoms with E-state index >= 15 is 0 Å². The summed E-state index contributed by atoms with van der Waals surface area (Å²) >= 11 is 0. The molecule has 1 amide bonds. The van der Waals surface area contributed by atoms with Crippen molar-refractivity contribution in [3.05, 3.63) is 48.1 Å². The van der Waals surface area contributed by atoms with E-state index in [1.165, 1.54) is 71.3 Å². The first-order valence-electron chi connectivity index (χ1n) is 12.6. The smallest absolute Gasteiger partial charge is 0.220 e. The molecule has 1 rings (SSSR count). The molecule has 0 spiro atoms. The number of hydrogen-bond acceptors (Lipinski definition) is 3. The fraction of sp³-hybridized carbons (Fsp3) is 0.607. The van der Waals surface area contributed by atoms with Gasteiger partial charge in [-0.3, -0.25) is 4.79 Å². The van der Waals surface area contributed by atoms with Gasteiger partial charge < -0.3 is 15.2 Å². The van der Waals surface area contributed by atoms with Gasteiger partial charge in [-0.25, -0.2) is 0 Å². The Morgan fingerprint density at radius 2 is 1.53 bits per heavy atom. The number of aromatic hydroxyl groups is 1. The molecule has 4 nitrogen and oxygen atoms in total. The van der Waals surface area contributed by atoms with Crippen molar-refractivity contribution < 1.29 is 14.6 Å². The van der Waals surface area contributed by atoms with Crippen LogP contribution in [0.4, 0.5) is 0 Å². The van der Waals surface area contributed by atoms with E-state index in [1.807, 2.05) is 0 Å². The van der Waals surface area contributed by atoms with Crippen molar-refractivity contribution in [3.8, 4) is 11.5 Å². The Hall–Kier alpha value is -2.23. The van der Waals surface area contributed by atoms with Gasteiger partial charge in [-0.1, -0.05) is 88.7 Å². The summed E-state index contributed by atoms with van der Waals surface area (Å²) in [6.45, 7) is 2.69. The quantitative estimate of drug-likeness (QED) is 0.171. The molecule has 4 heteroatoms. The van der Waals surface area contributed by atoms with Crippen molar-refractivity contribution in [3.63, 3.8) is 0 Å². The largest absolute Gasteiger partial charge is 0.504 e. The van der Waals surface area contributed by atoms with Crippen molar-refractivity contribution >= 4 is 5.91 Å². The highest BCUT2D eigenvalue weighted by Crippen LogP contribution is 2.26. The molecule has 0 atom stereocenters. The summed E-state index contributed by atoms with van der Waals surface area (Å²) in [5.74, 6) is 0.626. The number of carbonyl (C=O) groups is 1. The van der Waals surface area contributed by atoms with Crippen LogP contribution in [-0.2, 0) is 11.3 Å². The Morgan fingerprint density at radius 3 is 2.19 bits per heavy atom. The van der Waals surface area contributed by atoms with Crippen molar-refractivity contribution in [1.82, 2.24) is 5.32 Å². The van der Waals surface area contributed by atoms with E-state index in [0.717, 1.165) is 24.8 Å². The maximum absolute atomic E-state index is 12.0. The molecule has 32 heavy (non-hydrogen) atoms. The highest BCUT2D eigenvalue weighted by Gasteiger charge is 2.05. The maximum Gasteiger partial charge on any atom is 0.220 e. The molecule has 2 N–H and O–H groups in total. The number of unbranched alkanes of at least 4 members (excludes halogenated alkanes) is 10. The molecule has 0 aliphatic carbocycles. The molecule has 0 saturated heterocycles. The van der Waals surface area contributed by atoms with E-state index in [-0.39, 0.29) is 11.7 Å². The number of methoxy groups -OCH3 is 1. The molecule has 0 bridgehead atoms. The van der Waals surface area contributed by atoms with E-state index < -0.39 is 0 Å². The number of phenolic OH excluding ortho intramolecular Hbond substituents is 1. The molecular weight excluding hydrogens is 398 g/mol. The van der Waals surface area contributed by atoms with E-state index in [0.29, 0.717) is 18.7 Å². The van der Waals surface area contributed by atoms with Gasteiger partial charge in [-0.2, -0.15) is 0 Å². The number of carbonyl (C=O) groups excluding carboxylic acids is 1. The van der Waals surface area contributed by atoms with Crippen LogP contribution in [0.3, 0.4) is 0 Å². The number of rotatable bonds is 19. The molecule has 0 radical (unpaired) electrons. The van der Waals surface area contributed by atoms with Crippen LogP contribution in [0, 0.1) is 0 Å². The third-order valence-electron chi connectivity index (χ3n) is 5.59. The third-order valence-corrected chi connectivity index (χ3v) is 5.59. The highest BCUT2D eigenvalue weighted by molar-refractivity contribution is 5.75. The van der Waals surface area contributed by atoms with Crippen molar-refractivity contribution in [2.45, 2.75) is 103 Å². The van der Waals surface area contributed by atoms with Crippen LogP contribution in [0.1, 0.15) is 102 Å². The number of allylic oxidation sites excluding steroid dienone is 4. The molecule has 0 saturated carbocycles. The molecular formula is C28H45NO3. The van der Waals surface area contributed by atoms with E-state index in [2.05, 4.69) is 36.5 Å². The summed E-state index contributed by atoms with van der Waals surface area (Å²) in [7, 11) is 1.52. The number of ether oxygens (including phenoxy) is 1. The van der Waals surface area contributed by atoms with Gasteiger partial charge >= 0.3 is 0 Å². The SMILES string of the molecule is CCCC/C=C/C/C=C/CCCCCCCCCCC(=O)NCc1ccc(O)c(OC)c1. The molecule has 0 aliphatic heterocycles. The summed E-state index contributed by atoms with van der Waals surface area (Å²) in [6, 6.07) is 5.13. The zero-order valence-corrected chi connectivity index (χ0v) is 20.4. The van der Waals surface area contributed by atoms with Gasteiger partial charge in [0.15, 0.2) is 11.5 Å². The second kappa shape index (κ2) is 19.5. The summed E-state index contributed by atoms with van der Waals surface area (Å²) in [4.78, 5) is 12.0. The van der Waals surface area contributed by atoms with Crippen molar-refractivity contribution in [2.75, 3.05) is 7.11 Å². The average molecular weight is 444 g/mol. The Kier molecular flexibility index (Phi) is 16.9. The van der Waals surface area contributed by atoms with Crippen LogP contribution in [0.5, 0.6) is 11.5 Å². The van der Waals surface area contributed by atoms with Gasteiger partial charge in [0.1, 0.15) is 0 Å². The fourth-order valence-corrected chi connectivity index (χ4v) is 3.56. The average Bonchev–Trinajstić information content (AvgIpc) is 2.80. The lowest BCUT2D eigenvalue weighted by atomic mass is 10.1. The molecule has 1 aromatic rings. The van der Waals surface area contributed by atoms with Crippen LogP contribution >= 0.6 is 0 Å². The van der Waals surface area contributed by atoms with Gasteiger partial charge in [0.05, 0.1) is 7.11 Å². The van der Waals surface area contributed by atoms with Crippen LogP contribution in [-0.4, -0.2) is 18.1 Å². The third kappa shape index (κ3) is 14.7. The second-order valence-electron chi connectivity index (χ2n) is 8.47. The van der Waals surface area contributed by atoms with Crippen LogP contribution in [0.15, 0.2) is 42.5 Å². The van der Waals surface area contributed by atoms with Gasteiger partial charge in [0.25, 0.3) is 0 Å². The minimum absolute atomic E-state index is 0.0848. The van der Waals surface area contributed by atoms with Gasteiger partial charge in [0.2, 0.25) is 5.91 Å². The zero-order valence-electron chi connectivity index (χ0n) is 20.4. The number of amides is 1. The summed E-state index contributed by atoms with van der Waals surface area (Å²) in [5, 5.41) is 12.5. The Bertz CT molecular complexity index is 667. The van der Waals surface area contributed by atoms with Gasteiger partial charge in [0, 0.05) is 13.0 Å². The van der Waals surface area contributed by atoms with Gasteiger partial charge in [-0.15, -0.1) is 0 Å². The second-order valence-corrected chi connectivity index (χ2v) is 8.47. The first-order valence-corrected chi connectivity index (χ1v) is 12.6. The Morgan fingerprint density at radius 1 is 0.906 bits per heavy atom.